The first-order chi connectivity index (χ1) is 10.7. The van der Waals surface area contributed by atoms with Gasteiger partial charge in [0.1, 0.15) is 0 Å². The van der Waals surface area contributed by atoms with Crippen molar-refractivity contribution in [3.63, 3.8) is 0 Å². The molecule has 0 heterocycles. The molecule has 1 aromatic rings. The quantitative estimate of drug-likeness (QED) is 0.515. The van der Waals surface area contributed by atoms with Gasteiger partial charge in [0.05, 0.1) is 13.7 Å². The van der Waals surface area contributed by atoms with Crippen LogP contribution in [-0.2, 0) is 24.8 Å². The maximum absolute atomic E-state index is 11.4. The molecule has 5 heteroatoms. The minimum absolute atomic E-state index is 0.0590. The zero-order valence-electron chi connectivity index (χ0n) is 13.0. The van der Waals surface area contributed by atoms with E-state index >= 15 is 0 Å². The molecule has 4 nitrogen and oxygen atoms in total. The zero-order chi connectivity index (χ0) is 16.2. The monoisotopic (exact) mass is 322 g/mol. The van der Waals surface area contributed by atoms with Gasteiger partial charge in [0.2, 0.25) is 0 Å². The second-order valence-corrected chi connectivity index (χ2v) is 5.79. The van der Waals surface area contributed by atoms with Gasteiger partial charge in [0.25, 0.3) is 0 Å². The Bertz CT molecular complexity index is 485. The predicted molar refractivity (Wildman–Crippen MR) is 88.5 cm³/mol. The lowest BCUT2D eigenvalue weighted by Crippen LogP contribution is -2.08. The number of carbonyl (C=O) groups excluding carboxylic acids is 2. The van der Waals surface area contributed by atoms with E-state index in [1.165, 1.54) is 18.7 Å². The number of methoxy groups -OCH3 is 1. The lowest BCUT2D eigenvalue weighted by atomic mass is 10.2. The molecule has 0 spiro atoms. The highest BCUT2D eigenvalue weighted by atomic mass is 32.2. The summed E-state index contributed by atoms with van der Waals surface area (Å²) in [6, 6.07) is 10.1. The van der Waals surface area contributed by atoms with Crippen molar-refractivity contribution in [2.75, 3.05) is 13.7 Å². The van der Waals surface area contributed by atoms with Crippen molar-refractivity contribution in [2.45, 2.75) is 30.8 Å². The second kappa shape index (κ2) is 10.9. The van der Waals surface area contributed by atoms with E-state index in [9.17, 15) is 9.59 Å². The number of rotatable bonds is 9. The van der Waals surface area contributed by atoms with Gasteiger partial charge in [-0.1, -0.05) is 36.4 Å². The Morgan fingerprint density at radius 2 is 2.00 bits per heavy atom. The lowest BCUT2D eigenvalue weighted by Gasteiger charge is -2.12. The molecule has 0 unspecified atom stereocenters. The van der Waals surface area contributed by atoms with Gasteiger partial charge in [0, 0.05) is 23.5 Å². The molecule has 0 fully saturated rings. The molecule has 0 amide bonds. The van der Waals surface area contributed by atoms with Gasteiger partial charge < -0.3 is 9.47 Å². The first-order valence-corrected chi connectivity index (χ1v) is 8.28. The van der Waals surface area contributed by atoms with Gasteiger partial charge in [-0.15, -0.1) is 11.8 Å². The van der Waals surface area contributed by atoms with Crippen LogP contribution in [0.5, 0.6) is 0 Å². The van der Waals surface area contributed by atoms with Crippen LogP contribution < -0.4 is 0 Å². The van der Waals surface area contributed by atoms with Crippen LogP contribution in [0.15, 0.2) is 42.5 Å². The van der Waals surface area contributed by atoms with Crippen molar-refractivity contribution >= 4 is 23.7 Å². The fraction of sp³-hybridized carbons (Fsp3) is 0.412. The van der Waals surface area contributed by atoms with E-state index < -0.39 is 0 Å². The molecule has 0 aliphatic heterocycles. The van der Waals surface area contributed by atoms with Crippen molar-refractivity contribution in [1.82, 2.24) is 0 Å². The summed E-state index contributed by atoms with van der Waals surface area (Å²) in [6.07, 6.45) is 4.19. The van der Waals surface area contributed by atoms with E-state index in [1.807, 2.05) is 18.2 Å². The summed E-state index contributed by atoms with van der Waals surface area (Å²) in [5.74, 6) is 0.223. The van der Waals surface area contributed by atoms with Crippen LogP contribution in [0.4, 0.5) is 0 Å². The molecule has 1 rings (SSSR count). The summed E-state index contributed by atoms with van der Waals surface area (Å²) in [5, 5.41) is 0.0590. The zero-order valence-corrected chi connectivity index (χ0v) is 13.8. The maximum Gasteiger partial charge on any atom is 0.330 e. The minimum Gasteiger partial charge on any atom is -0.469 e. The molecular formula is C17H22O4S. The normalized spacial score (nSPS) is 12.1. The number of hydrogen-bond acceptors (Lipinski definition) is 5. The smallest absolute Gasteiger partial charge is 0.330 e. The fourth-order valence-corrected chi connectivity index (χ4v) is 2.82. The largest absolute Gasteiger partial charge is 0.469 e. The third kappa shape index (κ3) is 7.88. The third-order valence-corrected chi connectivity index (χ3v) is 4.22. The highest BCUT2D eigenvalue weighted by molar-refractivity contribution is 7.99. The van der Waals surface area contributed by atoms with E-state index in [0.29, 0.717) is 19.4 Å². The van der Waals surface area contributed by atoms with Crippen LogP contribution in [0.25, 0.3) is 0 Å². The van der Waals surface area contributed by atoms with Gasteiger partial charge in [-0.25, -0.2) is 4.79 Å². The molecule has 1 atom stereocenters. The summed E-state index contributed by atoms with van der Waals surface area (Å²) in [4.78, 5) is 22.7. The van der Waals surface area contributed by atoms with Crippen LogP contribution in [-0.4, -0.2) is 30.9 Å². The molecule has 0 saturated carbocycles. The first-order valence-electron chi connectivity index (χ1n) is 7.23. The first kappa shape index (κ1) is 18.3. The Hall–Kier alpha value is -1.75. The molecule has 22 heavy (non-hydrogen) atoms. The Morgan fingerprint density at radius 3 is 2.64 bits per heavy atom. The van der Waals surface area contributed by atoms with Crippen LogP contribution in [0, 0.1) is 0 Å². The molecule has 0 N–H and O–H groups in total. The number of esters is 2. The van der Waals surface area contributed by atoms with Gasteiger partial charge in [0.15, 0.2) is 0 Å². The fourth-order valence-electron chi connectivity index (χ4n) is 1.75. The Labute approximate surface area is 135 Å². The predicted octanol–water partition coefficient (Wildman–Crippen LogP) is 3.36. The van der Waals surface area contributed by atoms with E-state index in [4.69, 9.17) is 4.74 Å². The summed E-state index contributed by atoms with van der Waals surface area (Å²) >= 11 is 1.68. The van der Waals surface area contributed by atoms with Crippen molar-refractivity contribution in [1.29, 1.82) is 0 Å². The molecule has 0 aliphatic carbocycles. The summed E-state index contributed by atoms with van der Waals surface area (Å²) < 4.78 is 9.54. The van der Waals surface area contributed by atoms with Crippen molar-refractivity contribution in [2.24, 2.45) is 0 Å². The second-order valence-electron chi connectivity index (χ2n) is 4.56. The molecule has 0 saturated heterocycles. The van der Waals surface area contributed by atoms with Crippen LogP contribution in [0.3, 0.4) is 0 Å². The summed E-state index contributed by atoms with van der Waals surface area (Å²) in [5.41, 5.74) is 1.21. The van der Waals surface area contributed by atoms with Crippen molar-refractivity contribution < 1.29 is 19.1 Å². The van der Waals surface area contributed by atoms with Crippen LogP contribution >= 0.6 is 11.8 Å². The summed E-state index contributed by atoms with van der Waals surface area (Å²) in [6.45, 7) is 2.12. The number of thioether (sulfide) groups is 1. The number of hydrogen-bond donors (Lipinski definition) is 0. The average molecular weight is 322 g/mol. The minimum atomic E-state index is -0.356. The van der Waals surface area contributed by atoms with Gasteiger partial charge in [-0.05, 0) is 18.9 Å². The van der Waals surface area contributed by atoms with E-state index in [1.54, 1.807) is 24.8 Å². The summed E-state index contributed by atoms with van der Waals surface area (Å²) in [7, 11) is 1.38. The molecule has 0 aromatic heterocycles. The number of ether oxygens (including phenoxy) is 2. The van der Waals surface area contributed by atoms with E-state index in [0.717, 1.165) is 5.75 Å². The Balaban J connectivity index is 2.56. The standard InChI is InChI=1S/C17H22O4S/c1-3-21-17(19)12-10-15(9-11-16(18)20-2)22-13-14-7-5-4-6-8-14/h4-8,10,12,15H,3,9,11,13H2,1-2H3/b12-10+/t15-/m1/s1. The number of benzene rings is 1. The number of carbonyl (C=O) groups is 2. The highest BCUT2D eigenvalue weighted by Crippen LogP contribution is 2.23. The molecule has 1 aromatic carbocycles. The Kier molecular flexibility index (Phi) is 9.07. The van der Waals surface area contributed by atoms with Gasteiger partial charge in [-0.2, -0.15) is 0 Å². The SMILES string of the molecule is CCOC(=O)/C=C/[C@@H](CCC(=O)OC)SCc1ccccc1. The van der Waals surface area contributed by atoms with Crippen LogP contribution in [0.2, 0.25) is 0 Å². The molecule has 0 bridgehead atoms. The highest BCUT2D eigenvalue weighted by Gasteiger charge is 2.10. The van der Waals surface area contributed by atoms with E-state index in [-0.39, 0.29) is 17.2 Å². The molecular weight excluding hydrogens is 300 g/mol. The van der Waals surface area contributed by atoms with Gasteiger partial charge >= 0.3 is 11.9 Å². The Morgan fingerprint density at radius 1 is 1.27 bits per heavy atom. The van der Waals surface area contributed by atoms with Gasteiger partial charge in [-0.3, -0.25) is 4.79 Å². The molecule has 120 valence electrons. The van der Waals surface area contributed by atoms with Crippen molar-refractivity contribution in [3.05, 3.63) is 48.0 Å². The topological polar surface area (TPSA) is 52.6 Å². The van der Waals surface area contributed by atoms with Crippen LogP contribution in [0.1, 0.15) is 25.3 Å². The maximum atomic E-state index is 11.4. The molecule has 0 radical (unpaired) electrons. The molecule has 0 aliphatic rings. The van der Waals surface area contributed by atoms with Crippen molar-refractivity contribution in [3.8, 4) is 0 Å². The lowest BCUT2D eigenvalue weighted by molar-refractivity contribution is -0.140. The average Bonchev–Trinajstić information content (AvgIpc) is 2.55. The third-order valence-electron chi connectivity index (χ3n) is 2.90. The van der Waals surface area contributed by atoms with E-state index in [2.05, 4.69) is 16.9 Å².